The molecule has 1 saturated carbocycles. The lowest BCUT2D eigenvalue weighted by atomic mass is 9.89. The van der Waals surface area contributed by atoms with E-state index in [-0.39, 0.29) is 5.91 Å². The van der Waals surface area contributed by atoms with Crippen molar-refractivity contribution in [3.05, 3.63) is 35.4 Å². The molecule has 1 atom stereocenters. The maximum Gasteiger partial charge on any atom is 0.251 e. The van der Waals surface area contributed by atoms with Crippen molar-refractivity contribution in [1.29, 1.82) is 0 Å². The molecule has 1 amide bonds. The van der Waals surface area contributed by atoms with Crippen LogP contribution in [0.2, 0.25) is 0 Å². The van der Waals surface area contributed by atoms with Crippen LogP contribution in [0, 0.1) is 5.92 Å². The first kappa shape index (κ1) is 12.2. The van der Waals surface area contributed by atoms with Gasteiger partial charge in [-0.15, -0.1) is 0 Å². The molecule has 0 bridgehead atoms. The summed E-state index contributed by atoms with van der Waals surface area (Å²) in [5.41, 5.74) is 2.05. The van der Waals surface area contributed by atoms with Gasteiger partial charge in [-0.2, -0.15) is 0 Å². The highest BCUT2D eigenvalue weighted by Crippen LogP contribution is 2.25. The Morgan fingerprint density at radius 1 is 1.29 bits per heavy atom. The van der Waals surface area contributed by atoms with Crippen LogP contribution >= 0.6 is 0 Å². The molecule has 1 N–H and O–H groups in total. The number of hydrogen-bond donors (Lipinski definition) is 1. The second-order valence-corrected chi connectivity index (χ2v) is 5.41. The molecule has 0 heterocycles. The van der Waals surface area contributed by atoms with Gasteiger partial charge in [0, 0.05) is 11.6 Å². The fourth-order valence-electron chi connectivity index (χ4n) is 1.84. The Morgan fingerprint density at radius 3 is 2.59 bits per heavy atom. The quantitative estimate of drug-likeness (QED) is 0.846. The molecule has 1 unspecified atom stereocenters. The van der Waals surface area contributed by atoms with E-state index in [2.05, 4.69) is 32.2 Å². The third-order valence-corrected chi connectivity index (χ3v) is 3.59. The lowest BCUT2D eigenvalue weighted by Crippen LogP contribution is -2.25. The lowest BCUT2D eigenvalue weighted by Gasteiger charge is -2.16. The maximum absolute atomic E-state index is 11.9. The molecule has 2 rings (SSSR count). The second kappa shape index (κ2) is 4.91. The normalized spacial score (nSPS) is 16.9. The molecule has 1 aliphatic carbocycles. The van der Waals surface area contributed by atoms with Crippen LogP contribution < -0.4 is 5.32 Å². The molecule has 1 aromatic rings. The van der Waals surface area contributed by atoms with Crippen LogP contribution in [0.25, 0.3) is 0 Å². The first-order valence-corrected chi connectivity index (χ1v) is 6.48. The summed E-state index contributed by atoms with van der Waals surface area (Å²) in [6.07, 6.45) is 2.27. The van der Waals surface area contributed by atoms with Gasteiger partial charge in [-0.05, 0) is 42.4 Å². The molecule has 0 saturated heterocycles. The summed E-state index contributed by atoms with van der Waals surface area (Å²) in [6.45, 7) is 6.63. The predicted octanol–water partition coefficient (Wildman–Crippen LogP) is 3.34. The van der Waals surface area contributed by atoms with E-state index in [9.17, 15) is 4.79 Å². The van der Waals surface area contributed by atoms with Crippen molar-refractivity contribution in [1.82, 2.24) is 5.32 Å². The van der Waals surface area contributed by atoms with Crippen LogP contribution in [0.3, 0.4) is 0 Å². The predicted molar refractivity (Wildman–Crippen MR) is 70.2 cm³/mol. The van der Waals surface area contributed by atoms with Crippen molar-refractivity contribution in [2.24, 2.45) is 5.92 Å². The summed E-state index contributed by atoms with van der Waals surface area (Å²) in [5, 5.41) is 3.03. The summed E-state index contributed by atoms with van der Waals surface area (Å²) in [6, 6.07) is 8.44. The Balaban J connectivity index is 2.12. The lowest BCUT2D eigenvalue weighted by molar-refractivity contribution is 0.0951. The van der Waals surface area contributed by atoms with Crippen LogP contribution in [0.4, 0.5) is 0 Å². The van der Waals surface area contributed by atoms with Gasteiger partial charge >= 0.3 is 0 Å². The molecule has 2 heteroatoms. The van der Waals surface area contributed by atoms with E-state index in [4.69, 9.17) is 0 Å². The third kappa shape index (κ3) is 3.09. The maximum atomic E-state index is 11.9. The first-order chi connectivity index (χ1) is 8.08. The molecular formula is C15H21NO. The Morgan fingerprint density at radius 2 is 2.00 bits per heavy atom. The van der Waals surface area contributed by atoms with E-state index in [1.807, 2.05) is 18.2 Å². The molecule has 1 fully saturated rings. The monoisotopic (exact) mass is 231 g/mol. The fraction of sp³-hybridized carbons (Fsp3) is 0.533. The van der Waals surface area contributed by atoms with Crippen LogP contribution in [-0.2, 0) is 0 Å². The Kier molecular flexibility index (Phi) is 3.51. The summed E-state index contributed by atoms with van der Waals surface area (Å²) < 4.78 is 0. The summed E-state index contributed by atoms with van der Waals surface area (Å²) >= 11 is 0. The van der Waals surface area contributed by atoms with Crippen LogP contribution in [0.1, 0.15) is 55.5 Å². The van der Waals surface area contributed by atoms with Crippen LogP contribution in [0.5, 0.6) is 0 Å². The van der Waals surface area contributed by atoms with Gasteiger partial charge in [0.15, 0.2) is 0 Å². The number of benzene rings is 1. The summed E-state index contributed by atoms with van der Waals surface area (Å²) in [4.78, 5) is 11.9. The third-order valence-electron chi connectivity index (χ3n) is 3.59. The van der Waals surface area contributed by atoms with Gasteiger partial charge < -0.3 is 5.32 Å². The number of amides is 1. The number of carbonyl (C=O) groups excluding carboxylic acids is 1. The van der Waals surface area contributed by atoms with Gasteiger partial charge in [-0.1, -0.05) is 32.9 Å². The number of carbonyl (C=O) groups is 1. The Labute approximate surface area is 103 Å². The number of hydrogen-bond acceptors (Lipinski definition) is 1. The molecule has 0 aliphatic heterocycles. The number of nitrogens with one attached hydrogen (secondary N) is 1. The van der Waals surface area contributed by atoms with Gasteiger partial charge in [0.25, 0.3) is 5.91 Å². The highest BCUT2D eigenvalue weighted by atomic mass is 16.1. The fourth-order valence-corrected chi connectivity index (χ4v) is 1.84. The average Bonchev–Trinajstić information content (AvgIpc) is 3.12. The van der Waals surface area contributed by atoms with E-state index in [0.29, 0.717) is 17.9 Å². The van der Waals surface area contributed by atoms with Crippen LogP contribution in [-0.4, -0.2) is 11.9 Å². The highest BCUT2D eigenvalue weighted by Gasteiger charge is 2.24. The molecule has 0 radical (unpaired) electrons. The first-order valence-electron chi connectivity index (χ1n) is 6.48. The molecule has 1 aliphatic rings. The molecule has 1 aromatic carbocycles. The molecule has 0 spiro atoms. The van der Waals surface area contributed by atoms with Crippen molar-refractivity contribution >= 4 is 5.91 Å². The standard InChI is InChI=1S/C15H21NO/c1-10(2)11(3)12-5-4-6-13(9-12)15(17)16-14-7-8-14/h4-6,9-11,14H,7-8H2,1-3H3,(H,16,17). The minimum absolute atomic E-state index is 0.0744. The van der Waals surface area contributed by atoms with Crippen molar-refractivity contribution in [3.63, 3.8) is 0 Å². The largest absolute Gasteiger partial charge is 0.349 e. The van der Waals surface area contributed by atoms with E-state index in [1.54, 1.807) is 0 Å². The van der Waals surface area contributed by atoms with Gasteiger partial charge in [-0.25, -0.2) is 0 Å². The molecule has 92 valence electrons. The molecular weight excluding hydrogens is 210 g/mol. The van der Waals surface area contributed by atoms with E-state index >= 15 is 0 Å². The zero-order valence-electron chi connectivity index (χ0n) is 10.9. The van der Waals surface area contributed by atoms with Crippen molar-refractivity contribution < 1.29 is 4.79 Å². The zero-order valence-corrected chi connectivity index (χ0v) is 10.9. The topological polar surface area (TPSA) is 29.1 Å². The van der Waals surface area contributed by atoms with E-state index in [0.717, 1.165) is 18.4 Å². The average molecular weight is 231 g/mol. The highest BCUT2D eigenvalue weighted by molar-refractivity contribution is 5.94. The number of rotatable bonds is 4. The van der Waals surface area contributed by atoms with Gasteiger partial charge in [-0.3, -0.25) is 4.79 Å². The smallest absolute Gasteiger partial charge is 0.251 e. The van der Waals surface area contributed by atoms with Crippen molar-refractivity contribution in [2.75, 3.05) is 0 Å². The summed E-state index contributed by atoms with van der Waals surface area (Å²) in [5.74, 6) is 1.16. The van der Waals surface area contributed by atoms with Gasteiger partial charge in [0.2, 0.25) is 0 Å². The van der Waals surface area contributed by atoms with Crippen molar-refractivity contribution in [2.45, 2.75) is 45.6 Å². The van der Waals surface area contributed by atoms with E-state index in [1.165, 1.54) is 5.56 Å². The molecule has 2 nitrogen and oxygen atoms in total. The van der Waals surface area contributed by atoms with Crippen LogP contribution in [0.15, 0.2) is 24.3 Å². The molecule has 0 aromatic heterocycles. The van der Waals surface area contributed by atoms with Gasteiger partial charge in [0.1, 0.15) is 0 Å². The molecule has 17 heavy (non-hydrogen) atoms. The summed E-state index contributed by atoms with van der Waals surface area (Å²) in [7, 11) is 0. The Bertz CT molecular complexity index is 407. The zero-order chi connectivity index (χ0) is 12.4. The van der Waals surface area contributed by atoms with Crippen molar-refractivity contribution in [3.8, 4) is 0 Å². The minimum Gasteiger partial charge on any atom is -0.349 e. The minimum atomic E-state index is 0.0744. The van der Waals surface area contributed by atoms with E-state index < -0.39 is 0 Å². The second-order valence-electron chi connectivity index (χ2n) is 5.41. The Hall–Kier alpha value is -1.31. The van der Waals surface area contributed by atoms with Gasteiger partial charge in [0.05, 0.1) is 0 Å². The SMILES string of the molecule is CC(C)C(C)c1cccc(C(=O)NC2CC2)c1.